The topological polar surface area (TPSA) is 59.1 Å². The van der Waals surface area contributed by atoms with E-state index < -0.39 is 6.36 Å². The van der Waals surface area contributed by atoms with E-state index >= 15 is 0 Å². The van der Waals surface area contributed by atoms with Gasteiger partial charge in [-0.25, -0.2) is 4.98 Å². The Morgan fingerprint density at radius 1 is 1.19 bits per heavy atom. The number of nitrogens with zero attached hydrogens (tertiary/aromatic N) is 2. The first-order valence-electron chi connectivity index (χ1n) is 6.16. The van der Waals surface area contributed by atoms with Gasteiger partial charge in [0.05, 0.1) is 5.69 Å². The Morgan fingerprint density at radius 2 is 1.95 bits per heavy atom. The Balaban J connectivity index is 2.21. The molecule has 2 aromatic rings. The lowest BCUT2D eigenvalue weighted by molar-refractivity contribution is -0.274. The van der Waals surface area contributed by atoms with Crippen LogP contribution in [0.2, 0.25) is 0 Å². The fraction of sp³-hybridized carbons (Fsp3) is 0.231. The van der Waals surface area contributed by atoms with E-state index in [1.807, 2.05) is 6.92 Å². The van der Waals surface area contributed by atoms with Crippen molar-refractivity contribution in [3.8, 4) is 5.75 Å². The van der Waals surface area contributed by atoms with Crippen LogP contribution in [0.1, 0.15) is 6.92 Å². The highest BCUT2D eigenvalue weighted by Gasteiger charge is 2.32. The molecular weight excluding hydrogens is 285 g/mol. The zero-order chi connectivity index (χ0) is 15.3. The van der Waals surface area contributed by atoms with Gasteiger partial charge < -0.3 is 15.4 Å². The summed E-state index contributed by atoms with van der Waals surface area (Å²) >= 11 is 0. The Labute approximate surface area is 119 Å². The number of para-hydroxylation sites is 2. The summed E-state index contributed by atoms with van der Waals surface area (Å²) in [6.07, 6.45) is -3.25. The Morgan fingerprint density at radius 3 is 2.67 bits per heavy atom. The molecule has 0 saturated heterocycles. The zero-order valence-corrected chi connectivity index (χ0v) is 11.1. The number of anilines is 3. The number of hydrogen-bond donors (Lipinski definition) is 2. The van der Waals surface area contributed by atoms with Crippen molar-refractivity contribution in [2.45, 2.75) is 13.3 Å². The molecule has 2 rings (SSSR count). The number of benzene rings is 1. The van der Waals surface area contributed by atoms with Crippen molar-refractivity contribution in [1.29, 1.82) is 0 Å². The van der Waals surface area contributed by atoms with E-state index in [2.05, 4.69) is 25.3 Å². The summed E-state index contributed by atoms with van der Waals surface area (Å²) in [5, 5.41) is 5.69. The highest BCUT2D eigenvalue weighted by Crippen LogP contribution is 2.31. The molecule has 21 heavy (non-hydrogen) atoms. The highest BCUT2D eigenvalue weighted by atomic mass is 19.4. The van der Waals surface area contributed by atoms with E-state index in [1.165, 1.54) is 24.4 Å². The van der Waals surface area contributed by atoms with Crippen LogP contribution in [0.15, 0.2) is 36.5 Å². The Kier molecular flexibility index (Phi) is 4.46. The summed E-state index contributed by atoms with van der Waals surface area (Å²) in [7, 11) is 0. The smallest absolute Gasteiger partial charge is 0.404 e. The van der Waals surface area contributed by atoms with Gasteiger partial charge in [0.2, 0.25) is 5.95 Å². The quantitative estimate of drug-likeness (QED) is 0.884. The fourth-order valence-corrected chi connectivity index (χ4v) is 1.59. The largest absolute Gasteiger partial charge is 0.573 e. The Bertz CT molecular complexity index is 604. The standard InChI is InChI=1S/C13H13F3N4O/c1-2-17-12-18-8-7-11(20-12)19-9-5-3-4-6-10(9)21-13(14,15)16/h3-8H,2H2,1H3,(H2,17,18,19,20). The van der Waals surface area contributed by atoms with E-state index in [1.54, 1.807) is 12.1 Å². The Hall–Kier alpha value is -2.51. The predicted octanol–water partition coefficient (Wildman–Crippen LogP) is 3.55. The monoisotopic (exact) mass is 298 g/mol. The highest BCUT2D eigenvalue weighted by molar-refractivity contribution is 5.64. The van der Waals surface area contributed by atoms with Gasteiger partial charge in [-0.1, -0.05) is 12.1 Å². The zero-order valence-electron chi connectivity index (χ0n) is 11.1. The number of hydrogen-bond acceptors (Lipinski definition) is 5. The lowest BCUT2D eigenvalue weighted by atomic mass is 10.3. The van der Waals surface area contributed by atoms with Crippen molar-refractivity contribution in [2.24, 2.45) is 0 Å². The molecule has 1 heterocycles. The number of ether oxygens (including phenoxy) is 1. The molecular formula is C13H13F3N4O. The van der Waals surface area contributed by atoms with Crippen LogP contribution in [-0.4, -0.2) is 22.9 Å². The summed E-state index contributed by atoms with van der Waals surface area (Å²) in [4.78, 5) is 8.10. The molecule has 1 aromatic carbocycles. The van der Waals surface area contributed by atoms with Crippen molar-refractivity contribution >= 4 is 17.5 Å². The van der Waals surface area contributed by atoms with E-state index in [4.69, 9.17) is 0 Å². The third-order valence-electron chi connectivity index (χ3n) is 2.37. The summed E-state index contributed by atoms with van der Waals surface area (Å²) in [5.41, 5.74) is 0.163. The first-order chi connectivity index (χ1) is 9.98. The molecule has 0 amide bonds. The summed E-state index contributed by atoms with van der Waals surface area (Å²) in [6, 6.07) is 7.29. The van der Waals surface area contributed by atoms with E-state index in [9.17, 15) is 13.2 Å². The molecule has 0 aliphatic rings. The van der Waals surface area contributed by atoms with Gasteiger partial charge in [0.1, 0.15) is 5.82 Å². The average molecular weight is 298 g/mol. The molecule has 0 spiro atoms. The molecule has 8 heteroatoms. The van der Waals surface area contributed by atoms with Gasteiger partial charge in [0, 0.05) is 12.7 Å². The molecule has 0 saturated carbocycles. The molecule has 5 nitrogen and oxygen atoms in total. The second kappa shape index (κ2) is 6.29. The molecule has 0 fully saturated rings. The second-order valence-corrected chi connectivity index (χ2v) is 3.96. The van der Waals surface area contributed by atoms with Crippen LogP contribution in [0.25, 0.3) is 0 Å². The van der Waals surface area contributed by atoms with Crippen LogP contribution in [0.4, 0.5) is 30.6 Å². The minimum Gasteiger partial charge on any atom is -0.404 e. The number of halogens is 3. The third kappa shape index (κ3) is 4.51. The van der Waals surface area contributed by atoms with Crippen LogP contribution < -0.4 is 15.4 Å². The number of aromatic nitrogens is 2. The maximum absolute atomic E-state index is 12.3. The summed E-state index contributed by atoms with van der Waals surface area (Å²) in [5.74, 6) is 0.421. The van der Waals surface area contributed by atoms with Gasteiger partial charge in [0.15, 0.2) is 5.75 Å². The second-order valence-electron chi connectivity index (χ2n) is 3.96. The van der Waals surface area contributed by atoms with Crippen LogP contribution in [0.3, 0.4) is 0 Å². The maximum atomic E-state index is 12.3. The van der Waals surface area contributed by atoms with Crippen LogP contribution >= 0.6 is 0 Å². The van der Waals surface area contributed by atoms with Crippen molar-refractivity contribution in [3.63, 3.8) is 0 Å². The van der Waals surface area contributed by atoms with Crippen molar-refractivity contribution < 1.29 is 17.9 Å². The molecule has 0 aliphatic carbocycles. The van der Waals surface area contributed by atoms with E-state index in [-0.39, 0.29) is 11.4 Å². The van der Waals surface area contributed by atoms with Crippen LogP contribution in [0.5, 0.6) is 5.75 Å². The van der Waals surface area contributed by atoms with Crippen molar-refractivity contribution in [1.82, 2.24) is 9.97 Å². The molecule has 0 aliphatic heterocycles. The van der Waals surface area contributed by atoms with Crippen LogP contribution in [-0.2, 0) is 0 Å². The van der Waals surface area contributed by atoms with Gasteiger partial charge in [-0.2, -0.15) is 4.98 Å². The number of rotatable bonds is 5. The van der Waals surface area contributed by atoms with Crippen molar-refractivity contribution in [3.05, 3.63) is 36.5 Å². The summed E-state index contributed by atoms with van der Waals surface area (Å²) < 4.78 is 41.0. The molecule has 0 unspecified atom stereocenters. The lowest BCUT2D eigenvalue weighted by Gasteiger charge is -2.14. The van der Waals surface area contributed by atoms with Gasteiger partial charge in [-0.05, 0) is 25.1 Å². The predicted molar refractivity (Wildman–Crippen MR) is 72.6 cm³/mol. The van der Waals surface area contributed by atoms with Gasteiger partial charge in [-0.15, -0.1) is 13.2 Å². The molecule has 0 atom stereocenters. The average Bonchev–Trinajstić information content (AvgIpc) is 2.40. The van der Waals surface area contributed by atoms with Crippen molar-refractivity contribution in [2.75, 3.05) is 17.2 Å². The molecule has 0 bridgehead atoms. The number of alkyl halides is 3. The van der Waals surface area contributed by atoms with Gasteiger partial charge in [-0.3, -0.25) is 0 Å². The third-order valence-corrected chi connectivity index (χ3v) is 2.37. The SMILES string of the molecule is CCNc1nccc(Nc2ccccc2OC(F)(F)F)n1. The first kappa shape index (κ1) is 14.9. The van der Waals surface area contributed by atoms with E-state index in [0.29, 0.717) is 18.3 Å². The fourth-order valence-electron chi connectivity index (χ4n) is 1.59. The molecule has 112 valence electrons. The maximum Gasteiger partial charge on any atom is 0.573 e. The first-order valence-corrected chi connectivity index (χ1v) is 6.16. The minimum absolute atomic E-state index is 0.163. The van der Waals surface area contributed by atoms with Gasteiger partial charge in [0.25, 0.3) is 0 Å². The lowest BCUT2D eigenvalue weighted by Crippen LogP contribution is -2.18. The van der Waals surface area contributed by atoms with Crippen LogP contribution in [0, 0.1) is 0 Å². The molecule has 0 radical (unpaired) electrons. The molecule has 1 aromatic heterocycles. The molecule has 2 N–H and O–H groups in total. The van der Waals surface area contributed by atoms with E-state index in [0.717, 1.165) is 0 Å². The minimum atomic E-state index is -4.75. The summed E-state index contributed by atoms with van der Waals surface area (Å²) in [6.45, 7) is 2.52. The van der Waals surface area contributed by atoms with Gasteiger partial charge >= 0.3 is 6.36 Å². The normalized spacial score (nSPS) is 11.0. The number of nitrogens with one attached hydrogen (secondary N) is 2.